The summed E-state index contributed by atoms with van der Waals surface area (Å²) in [5, 5.41) is 0.539. The minimum atomic E-state index is -0.0724. The van der Waals surface area contributed by atoms with Crippen LogP contribution in [0.2, 0.25) is 0 Å². The lowest BCUT2D eigenvalue weighted by atomic mass is 10.4. The van der Waals surface area contributed by atoms with E-state index in [1.54, 1.807) is 20.0 Å². The van der Waals surface area contributed by atoms with Crippen molar-refractivity contribution in [1.29, 1.82) is 0 Å². The van der Waals surface area contributed by atoms with E-state index in [4.69, 9.17) is 4.42 Å². The van der Waals surface area contributed by atoms with Crippen molar-refractivity contribution in [3.63, 3.8) is 0 Å². The van der Waals surface area contributed by atoms with Crippen molar-refractivity contribution in [2.24, 2.45) is 7.05 Å². The summed E-state index contributed by atoms with van der Waals surface area (Å²) >= 11 is 0. The summed E-state index contributed by atoms with van der Waals surface area (Å²) in [5.41, 5.74) is 0.340. The van der Waals surface area contributed by atoms with Crippen LogP contribution in [-0.2, 0) is 7.05 Å². The van der Waals surface area contributed by atoms with Gasteiger partial charge in [-0.3, -0.25) is 4.79 Å². The molecule has 62 valence electrons. The molecule has 4 nitrogen and oxygen atoms in total. The average molecular weight is 164 g/mol. The molecule has 2 aromatic rings. The summed E-state index contributed by atoms with van der Waals surface area (Å²) in [7, 11) is 1.66. The highest BCUT2D eigenvalue weighted by Gasteiger charge is 2.05. The number of hydrogen-bond donors (Lipinski definition) is 0. The van der Waals surface area contributed by atoms with E-state index in [-0.39, 0.29) is 5.56 Å². The van der Waals surface area contributed by atoms with E-state index in [0.717, 1.165) is 0 Å². The van der Waals surface area contributed by atoms with Gasteiger partial charge in [0.1, 0.15) is 17.5 Å². The summed E-state index contributed by atoms with van der Waals surface area (Å²) in [4.78, 5) is 15.4. The van der Waals surface area contributed by atoms with Crippen LogP contribution in [0.1, 0.15) is 5.76 Å². The molecular formula is C8H8N2O2. The highest BCUT2D eigenvalue weighted by molar-refractivity contribution is 5.72. The lowest BCUT2D eigenvalue weighted by molar-refractivity contribution is 0.565. The van der Waals surface area contributed by atoms with Crippen molar-refractivity contribution in [2.45, 2.75) is 6.92 Å². The summed E-state index contributed by atoms with van der Waals surface area (Å²) in [6.45, 7) is 1.79. The molecule has 2 heterocycles. The molecule has 12 heavy (non-hydrogen) atoms. The zero-order chi connectivity index (χ0) is 8.72. The number of aromatic nitrogens is 2. The first-order valence-electron chi connectivity index (χ1n) is 3.60. The summed E-state index contributed by atoms with van der Waals surface area (Å²) in [6.07, 6.45) is 1.45. The summed E-state index contributed by atoms with van der Waals surface area (Å²) in [5.74, 6) is 0.709. The van der Waals surface area contributed by atoms with Crippen molar-refractivity contribution in [3.05, 3.63) is 28.5 Å². The second-order valence-corrected chi connectivity index (χ2v) is 2.74. The Balaban J connectivity index is 2.99. The van der Waals surface area contributed by atoms with Gasteiger partial charge in [0.05, 0.1) is 0 Å². The fourth-order valence-electron chi connectivity index (χ4n) is 1.13. The van der Waals surface area contributed by atoms with Crippen LogP contribution in [-0.4, -0.2) is 9.55 Å². The Kier molecular flexibility index (Phi) is 1.30. The first kappa shape index (κ1) is 7.09. The number of furan rings is 1. The number of nitrogens with zero attached hydrogens (tertiary/aromatic N) is 2. The molecule has 0 aliphatic carbocycles. The van der Waals surface area contributed by atoms with Crippen LogP contribution in [0.25, 0.3) is 11.1 Å². The van der Waals surface area contributed by atoms with Crippen molar-refractivity contribution in [1.82, 2.24) is 9.55 Å². The number of hydrogen-bond acceptors (Lipinski definition) is 3. The van der Waals surface area contributed by atoms with Gasteiger partial charge in [-0.1, -0.05) is 0 Å². The molecule has 0 atom stereocenters. The van der Waals surface area contributed by atoms with Gasteiger partial charge in [-0.05, 0) is 13.0 Å². The first-order valence-corrected chi connectivity index (χ1v) is 3.60. The van der Waals surface area contributed by atoms with Crippen LogP contribution in [0.4, 0.5) is 0 Å². The third-order valence-electron chi connectivity index (χ3n) is 1.73. The van der Waals surface area contributed by atoms with Crippen molar-refractivity contribution in [3.8, 4) is 0 Å². The topological polar surface area (TPSA) is 48.0 Å². The summed E-state index contributed by atoms with van der Waals surface area (Å²) in [6, 6.07) is 1.70. The van der Waals surface area contributed by atoms with E-state index in [1.165, 1.54) is 10.9 Å². The molecule has 0 aliphatic heterocycles. The van der Waals surface area contributed by atoms with Gasteiger partial charge in [0, 0.05) is 7.05 Å². The molecule has 0 bridgehead atoms. The lowest BCUT2D eigenvalue weighted by Crippen LogP contribution is -2.15. The molecule has 0 unspecified atom stereocenters. The van der Waals surface area contributed by atoms with Gasteiger partial charge in [0.2, 0.25) is 5.71 Å². The van der Waals surface area contributed by atoms with Gasteiger partial charge in [0.25, 0.3) is 5.56 Å². The molecule has 0 amide bonds. The maximum Gasteiger partial charge on any atom is 0.264 e. The molecule has 2 rings (SSSR count). The number of rotatable bonds is 0. The van der Waals surface area contributed by atoms with E-state index in [9.17, 15) is 4.79 Å². The molecule has 0 aromatic carbocycles. The maximum atomic E-state index is 11.4. The van der Waals surface area contributed by atoms with Crippen LogP contribution < -0.4 is 5.56 Å². The molecule has 4 heteroatoms. The van der Waals surface area contributed by atoms with Crippen LogP contribution in [0, 0.1) is 6.92 Å². The molecule has 0 saturated carbocycles. The average Bonchev–Trinajstić information content (AvgIpc) is 2.39. The lowest BCUT2D eigenvalue weighted by Gasteiger charge is -1.92. The van der Waals surface area contributed by atoms with E-state index in [2.05, 4.69) is 4.98 Å². The fourth-order valence-corrected chi connectivity index (χ4v) is 1.13. The van der Waals surface area contributed by atoms with Crippen molar-refractivity contribution < 1.29 is 4.42 Å². The molecule has 0 saturated heterocycles. The molecule has 2 aromatic heterocycles. The minimum absolute atomic E-state index is 0.0724. The van der Waals surface area contributed by atoms with Gasteiger partial charge in [0.15, 0.2) is 0 Å². The normalized spacial score (nSPS) is 10.8. The smallest absolute Gasteiger partial charge is 0.264 e. The highest BCUT2D eigenvalue weighted by atomic mass is 16.3. The van der Waals surface area contributed by atoms with Crippen LogP contribution in [0.3, 0.4) is 0 Å². The molecule has 0 fully saturated rings. The maximum absolute atomic E-state index is 11.4. The second kappa shape index (κ2) is 2.20. The predicted molar refractivity (Wildman–Crippen MR) is 44.0 cm³/mol. The Hall–Kier alpha value is -1.58. The highest BCUT2D eigenvalue weighted by Crippen LogP contribution is 2.10. The molecular weight excluding hydrogens is 156 g/mol. The van der Waals surface area contributed by atoms with Crippen molar-refractivity contribution >= 4 is 11.1 Å². The Morgan fingerprint density at radius 3 is 3.08 bits per heavy atom. The Labute approximate surface area is 68.4 Å². The third kappa shape index (κ3) is 0.845. The minimum Gasteiger partial charge on any atom is -0.443 e. The first-order chi connectivity index (χ1) is 5.68. The van der Waals surface area contributed by atoms with Crippen molar-refractivity contribution in [2.75, 3.05) is 0 Å². The Morgan fingerprint density at radius 1 is 1.58 bits per heavy atom. The van der Waals surface area contributed by atoms with Crippen LogP contribution in [0.15, 0.2) is 21.6 Å². The quantitative estimate of drug-likeness (QED) is 0.579. The largest absolute Gasteiger partial charge is 0.443 e. The van der Waals surface area contributed by atoms with Gasteiger partial charge in [-0.2, -0.15) is 0 Å². The van der Waals surface area contributed by atoms with Gasteiger partial charge in [-0.25, -0.2) is 4.98 Å². The predicted octanol–water partition coefficient (Wildman–Crippen LogP) is 0.835. The standard InChI is InChI=1S/C8H8N2O2/c1-5-3-6-7(12-5)9-4-10(2)8(6)11/h3-4H,1-2H3. The third-order valence-corrected chi connectivity index (χ3v) is 1.73. The fraction of sp³-hybridized carbons (Fsp3) is 0.250. The van der Waals surface area contributed by atoms with Gasteiger partial charge >= 0.3 is 0 Å². The van der Waals surface area contributed by atoms with E-state index in [0.29, 0.717) is 16.9 Å². The van der Waals surface area contributed by atoms with E-state index < -0.39 is 0 Å². The van der Waals surface area contributed by atoms with E-state index >= 15 is 0 Å². The number of aryl methyl sites for hydroxylation is 2. The number of fused-ring (bicyclic) bond motifs is 1. The van der Waals surface area contributed by atoms with Crippen LogP contribution >= 0.6 is 0 Å². The van der Waals surface area contributed by atoms with Crippen LogP contribution in [0.5, 0.6) is 0 Å². The molecule has 0 spiro atoms. The molecule has 0 radical (unpaired) electrons. The Morgan fingerprint density at radius 2 is 2.33 bits per heavy atom. The Bertz CT molecular complexity index is 481. The monoisotopic (exact) mass is 164 g/mol. The zero-order valence-corrected chi connectivity index (χ0v) is 6.87. The SMILES string of the molecule is Cc1cc2c(=O)n(C)cnc2o1. The van der Waals surface area contributed by atoms with Gasteiger partial charge < -0.3 is 8.98 Å². The second-order valence-electron chi connectivity index (χ2n) is 2.74. The zero-order valence-electron chi connectivity index (χ0n) is 6.87. The molecule has 0 aliphatic rings. The molecule has 0 N–H and O–H groups in total. The van der Waals surface area contributed by atoms with Gasteiger partial charge in [-0.15, -0.1) is 0 Å². The van der Waals surface area contributed by atoms with E-state index in [1.807, 2.05) is 0 Å². The summed E-state index contributed by atoms with van der Waals surface area (Å²) < 4.78 is 6.61.